The zero-order chi connectivity index (χ0) is 18.6. The number of amides is 1. The van der Waals surface area contributed by atoms with Crippen LogP contribution in [-0.2, 0) is 6.42 Å². The zero-order valence-corrected chi connectivity index (χ0v) is 15.3. The van der Waals surface area contributed by atoms with Gasteiger partial charge in [-0.3, -0.25) is 14.9 Å². The van der Waals surface area contributed by atoms with Crippen molar-refractivity contribution >= 4 is 5.91 Å². The van der Waals surface area contributed by atoms with Gasteiger partial charge in [-0.05, 0) is 48.7 Å². The Balaban J connectivity index is 1.55. The molecular weight excluding hydrogens is 340 g/mol. The number of rotatable bonds is 5. The highest BCUT2D eigenvalue weighted by atomic mass is 16.5. The Kier molecular flexibility index (Phi) is 4.87. The average Bonchev–Trinajstić information content (AvgIpc) is 3.40. The Morgan fingerprint density at radius 1 is 1.26 bits per heavy atom. The van der Waals surface area contributed by atoms with Crippen LogP contribution in [0.2, 0.25) is 0 Å². The number of nitrogens with one attached hydrogen (secondary N) is 1. The Morgan fingerprint density at radius 3 is 2.96 bits per heavy atom. The number of hydrogen-bond donors (Lipinski definition) is 1. The number of aromatic amines is 1. The van der Waals surface area contributed by atoms with Gasteiger partial charge in [0.15, 0.2) is 0 Å². The second-order valence-corrected chi connectivity index (χ2v) is 6.71. The second-order valence-electron chi connectivity index (χ2n) is 6.71. The van der Waals surface area contributed by atoms with E-state index in [2.05, 4.69) is 16.3 Å². The minimum absolute atomic E-state index is 0.00561. The molecule has 0 aliphatic carbocycles. The third-order valence-electron chi connectivity index (χ3n) is 4.93. The molecule has 138 valence electrons. The molecule has 0 radical (unpaired) electrons. The van der Waals surface area contributed by atoms with Crippen LogP contribution < -0.4 is 4.74 Å². The number of pyridine rings is 1. The van der Waals surface area contributed by atoms with Gasteiger partial charge in [-0.15, -0.1) is 0 Å². The van der Waals surface area contributed by atoms with Crippen LogP contribution in [0.1, 0.15) is 46.3 Å². The SMILES string of the molecule is COc1cccc(Cc2cccc([C@H]3CCCN3C(=O)c3ccn[nH]3)n2)c1. The standard InChI is InChI=1S/C21H22N4O2/c1-27-17-7-2-5-15(14-17)13-16-6-3-8-18(23-16)20-9-4-12-25(20)21(26)19-10-11-22-24-19/h2-3,5-8,10-11,14,20H,4,9,12-13H2,1H3,(H,22,24)/t20-/m1/s1. The molecule has 1 atom stereocenters. The van der Waals surface area contributed by atoms with E-state index in [1.54, 1.807) is 19.4 Å². The van der Waals surface area contributed by atoms with Crippen LogP contribution in [0.3, 0.4) is 0 Å². The third kappa shape index (κ3) is 3.69. The summed E-state index contributed by atoms with van der Waals surface area (Å²) in [6.07, 6.45) is 4.24. The minimum atomic E-state index is -0.0185. The van der Waals surface area contributed by atoms with E-state index in [0.717, 1.165) is 48.5 Å². The van der Waals surface area contributed by atoms with Crippen molar-refractivity contribution in [2.45, 2.75) is 25.3 Å². The smallest absolute Gasteiger partial charge is 0.272 e. The van der Waals surface area contributed by atoms with E-state index in [0.29, 0.717) is 5.69 Å². The zero-order valence-electron chi connectivity index (χ0n) is 15.3. The number of methoxy groups -OCH3 is 1. The number of likely N-dealkylation sites (tertiary alicyclic amines) is 1. The quantitative estimate of drug-likeness (QED) is 0.755. The lowest BCUT2D eigenvalue weighted by Crippen LogP contribution is -2.31. The van der Waals surface area contributed by atoms with Gasteiger partial charge in [0.25, 0.3) is 5.91 Å². The number of hydrogen-bond acceptors (Lipinski definition) is 4. The lowest BCUT2D eigenvalue weighted by molar-refractivity contribution is 0.0726. The summed E-state index contributed by atoms with van der Waals surface area (Å²) in [7, 11) is 1.67. The first kappa shape index (κ1) is 17.3. The van der Waals surface area contributed by atoms with Crippen LogP contribution in [0.4, 0.5) is 0 Å². The Bertz CT molecular complexity index is 923. The summed E-state index contributed by atoms with van der Waals surface area (Å²) in [5.74, 6) is 0.825. The van der Waals surface area contributed by atoms with Crippen LogP contribution in [0, 0.1) is 0 Å². The Morgan fingerprint density at radius 2 is 2.15 bits per heavy atom. The third-order valence-corrected chi connectivity index (χ3v) is 4.93. The van der Waals surface area contributed by atoms with E-state index < -0.39 is 0 Å². The van der Waals surface area contributed by atoms with Crippen LogP contribution in [0.15, 0.2) is 54.7 Å². The van der Waals surface area contributed by atoms with E-state index in [4.69, 9.17) is 9.72 Å². The van der Waals surface area contributed by atoms with Crippen LogP contribution in [0.5, 0.6) is 5.75 Å². The maximum absolute atomic E-state index is 12.8. The maximum Gasteiger partial charge on any atom is 0.272 e. The number of carbonyl (C=O) groups excluding carboxylic acids is 1. The molecule has 1 fully saturated rings. The summed E-state index contributed by atoms with van der Waals surface area (Å²) in [6.45, 7) is 0.740. The van der Waals surface area contributed by atoms with E-state index in [-0.39, 0.29) is 11.9 Å². The van der Waals surface area contributed by atoms with Gasteiger partial charge < -0.3 is 9.64 Å². The predicted octanol–water partition coefficient (Wildman–Crippen LogP) is 3.38. The maximum atomic E-state index is 12.8. The monoisotopic (exact) mass is 362 g/mol. The fourth-order valence-corrected chi connectivity index (χ4v) is 3.62. The molecule has 6 nitrogen and oxygen atoms in total. The van der Waals surface area contributed by atoms with E-state index in [1.165, 1.54) is 0 Å². The van der Waals surface area contributed by atoms with Crippen molar-refractivity contribution in [3.05, 3.63) is 77.4 Å². The van der Waals surface area contributed by atoms with Gasteiger partial charge in [0.1, 0.15) is 11.4 Å². The largest absolute Gasteiger partial charge is 0.497 e. The molecule has 1 aliphatic heterocycles. The van der Waals surface area contributed by atoms with E-state index >= 15 is 0 Å². The van der Waals surface area contributed by atoms with Crippen molar-refractivity contribution in [3.63, 3.8) is 0 Å². The molecule has 1 aromatic carbocycles. The molecule has 3 aromatic rings. The summed E-state index contributed by atoms with van der Waals surface area (Å²) < 4.78 is 5.30. The topological polar surface area (TPSA) is 71.1 Å². The van der Waals surface area contributed by atoms with Crippen molar-refractivity contribution in [2.75, 3.05) is 13.7 Å². The first-order chi connectivity index (χ1) is 13.2. The van der Waals surface area contributed by atoms with E-state index in [9.17, 15) is 4.79 Å². The van der Waals surface area contributed by atoms with Gasteiger partial charge in [-0.2, -0.15) is 5.10 Å². The highest BCUT2D eigenvalue weighted by Crippen LogP contribution is 2.32. The number of H-pyrrole nitrogens is 1. The molecule has 6 heteroatoms. The van der Waals surface area contributed by atoms with Crippen molar-refractivity contribution in [3.8, 4) is 5.75 Å². The van der Waals surface area contributed by atoms with Gasteiger partial charge in [0.05, 0.1) is 18.8 Å². The molecule has 0 unspecified atom stereocenters. The van der Waals surface area contributed by atoms with Crippen LogP contribution in [-0.4, -0.2) is 39.6 Å². The Hall–Kier alpha value is -3.15. The second kappa shape index (κ2) is 7.61. The van der Waals surface area contributed by atoms with Gasteiger partial charge in [0.2, 0.25) is 0 Å². The summed E-state index contributed by atoms with van der Waals surface area (Å²) in [4.78, 5) is 19.5. The molecular formula is C21H22N4O2. The lowest BCUT2D eigenvalue weighted by atomic mass is 10.1. The molecule has 0 saturated carbocycles. The summed E-state index contributed by atoms with van der Waals surface area (Å²) in [6, 6.07) is 15.8. The van der Waals surface area contributed by atoms with Crippen molar-refractivity contribution in [1.82, 2.24) is 20.1 Å². The first-order valence-electron chi connectivity index (χ1n) is 9.13. The number of ether oxygens (including phenoxy) is 1. The molecule has 0 spiro atoms. The summed E-state index contributed by atoms with van der Waals surface area (Å²) in [5.41, 5.74) is 3.60. The predicted molar refractivity (Wildman–Crippen MR) is 102 cm³/mol. The molecule has 1 N–H and O–H groups in total. The van der Waals surface area contributed by atoms with Gasteiger partial charge >= 0.3 is 0 Å². The highest BCUT2D eigenvalue weighted by Gasteiger charge is 2.32. The normalized spacial score (nSPS) is 16.5. The van der Waals surface area contributed by atoms with Crippen LogP contribution in [0.25, 0.3) is 0 Å². The van der Waals surface area contributed by atoms with Gasteiger partial charge in [0, 0.05) is 24.9 Å². The molecule has 1 amide bonds. The molecule has 0 bridgehead atoms. The Labute approximate surface area is 158 Å². The summed E-state index contributed by atoms with van der Waals surface area (Å²) in [5, 5.41) is 6.66. The van der Waals surface area contributed by atoms with E-state index in [1.807, 2.05) is 41.3 Å². The minimum Gasteiger partial charge on any atom is -0.497 e. The summed E-state index contributed by atoms with van der Waals surface area (Å²) >= 11 is 0. The number of carbonyl (C=O) groups is 1. The molecule has 4 rings (SSSR count). The first-order valence-corrected chi connectivity index (χ1v) is 9.13. The van der Waals surface area contributed by atoms with Gasteiger partial charge in [-0.25, -0.2) is 0 Å². The average molecular weight is 362 g/mol. The van der Waals surface area contributed by atoms with Crippen molar-refractivity contribution in [2.24, 2.45) is 0 Å². The number of aromatic nitrogens is 3. The van der Waals surface area contributed by atoms with Crippen LogP contribution >= 0.6 is 0 Å². The number of nitrogens with zero attached hydrogens (tertiary/aromatic N) is 3. The lowest BCUT2D eigenvalue weighted by Gasteiger charge is -2.24. The number of benzene rings is 1. The molecule has 1 aliphatic rings. The molecule has 2 aromatic heterocycles. The fourth-order valence-electron chi connectivity index (χ4n) is 3.62. The van der Waals surface area contributed by atoms with Crippen molar-refractivity contribution < 1.29 is 9.53 Å². The van der Waals surface area contributed by atoms with Gasteiger partial charge in [-0.1, -0.05) is 18.2 Å². The molecule has 27 heavy (non-hydrogen) atoms. The molecule has 3 heterocycles. The molecule has 1 saturated heterocycles. The highest BCUT2D eigenvalue weighted by molar-refractivity contribution is 5.92. The fraction of sp³-hybridized carbons (Fsp3) is 0.286. The van der Waals surface area contributed by atoms with Crippen molar-refractivity contribution in [1.29, 1.82) is 0 Å².